The molecule has 0 saturated carbocycles. The lowest BCUT2D eigenvalue weighted by molar-refractivity contribution is -0.114. The largest absolute Gasteiger partial charge is 0.487 e. The third-order valence-electron chi connectivity index (χ3n) is 5.61. The molecule has 7 nitrogen and oxygen atoms in total. The topological polar surface area (TPSA) is 91.8 Å². The lowest BCUT2D eigenvalue weighted by Gasteiger charge is -2.36. The molecule has 2 heterocycles. The number of primary amides is 1. The number of nitriles is 1. The number of hydrogen-bond donors (Lipinski definition) is 1. The molecule has 2 aromatic carbocycles. The van der Waals surface area contributed by atoms with Crippen LogP contribution in [0.2, 0.25) is 0 Å². The van der Waals surface area contributed by atoms with Crippen molar-refractivity contribution in [1.82, 2.24) is 0 Å². The van der Waals surface area contributed by atoms with E-state index in [0.717, 1.165) is 11.8 Å². The average molecular weight is 440 g/mol. The first-order valence-electron chi connectivity index (χ1n) is 10.2. The van der Waals surface area contributed by atoms with Crippen LogP contribution in [-0.2, 0) is 9.53 Å². The summed E-state index contributed by atoms with van der Waals surface area (Å²) >= 11 is 0. The number of amides is 1. The highest BCUT2D eigenvalue weighted by molar-refractivity contribution is 5.98. The van der Waals surface area contributed by atoms with Gasteiger partial charge >= 0.3 is 0 Å². The first-order valence-corrected chi connectivity index (χ1v) is 10.2. The second-order valence-corrected chi connectivity index (χ2v) is 7.66. The zero-order valence-corrected chi connectivity index (χ0v) is 17.5. The smallest absolute Gasteiger partial charge is 0.268 e. The van der Waals surface area contributed by atoms with Gasteiger partial charge in [0.1, 0.15) is 23.4 Å². The van der Waals surface area contributed by atoms with E-state index in [1.165, 1.54) is 12.1 Å². The molecule has 2 aromatic rings. The van der Waals surface area contributed by atoms with Crippen molar-refractivity contribution in [2.75, 3.05) is 29.6 Å². The summed E-state index contributed by atoms with van der Waals surface area (Å²) in [5, 5.41) is 9.36. The number of piperidine rings is 1. The summed E-state index contributed by atoms with van der Waals surface area (Å²) in [5.41, 5.74) is 7.74. The third kappa shape index (κ3) is 4.17. The lowest BCUT2D eigenvalue weighted by atomic mass is 10.0. The minimum Gasteiger partial charge on any atom is -0.487 e. The van der Waals surface area contributed by atoms with Crippen LogP contribution in [0.4, 0.5) is 20.2 Å². The summed E-state index contributed by atoms with van der Waals surface area (Å²) in [7, 11) is 0. The van der Waals surface area contributed by atoms with Crippen LogP contribution in [0.3, 0.4) is 0 Å². The van der Waals surface area contributed by atoms with Crippen LogP contribution in [0.5, 0.6) is 5.75 Å². The van der Waals surface area contributed by atoms with E-state index in [1.807, 2.05) is 6.07 Å². The molecular weight excluding hydrogens is 418 g/mol. The molecule has 2 aliphatic rings. The van der Waals surface area contributed by atoms with E-state index < -0.39 is 17.5 Å². The lowest BCUT2D eigenvalue weighted by Crippen LogP contribution is -2.39. The van der Waals surface area contributed by atoms with E-state index in [-0.39, 0.29) is 24.3 Å². The third-order valence-corrected chi connectivity index (χ3v) is 5.61. The van der Waals surface area contributed by atoms with Gasteiger partial charge in [0.2, 0.25) is 0 Å². The minimum absolute atomic E-state index is 0.0323. The van der Waals surface area contributed by atoms with E-state index in [0.29, 0.717) is 42.9 Å². The standard InChI is InChI=1S/C23H22F2N4O3/c1-14-22(23(27)30)29(13-31-14)20-10-15(12-26)2-4-19(20)28-8-6-17(7-9-28)32-21-5-3-16(24)11-18(21)25/h2-5,10-11,17H,6-9,13H2,1H3,(H2,27,30). The molecule has 32 heavy (non-hydrogen) atoms. The number of ether oxygens (including phenoxy) is 2. The van der Waals surface area contributed by atoms with Gasteiger partial charge in [-0.15, -0.1) is 0 Å². The summed E-state index contributed by atoms with van der Waals surface area (Å²) in [6.07, 6.45) is 1.01. The first kappa shape index (κ1) is 21.4. The Hall–Kier alpha value is -3.80. The van der Waals surface area contributed by atoms with E-state index in [2.05, 4.69) is 11.0 Å². The summed E-state index contributed by atoms with van der Waals surface area (Å²) in [6.45, 7) is 3.01. The van der Waals surface area contributed by atoms with Crippen molar-refractivity contribution in [1.29, 1.82) is 5.26 Å². The number of carbonyl (C=O) groups is 1. The molecule has 1 saturated heterocycles. The van der Waals surface area contributed by atoms with Crippen LogP contribution in [0.25, 0.3) is 0 Å². The number of rotatable bonds is 5. The Bertz CT molecular complexity index is 1120. The molecule has 9 heteroatoms. The molecule has 1 amide bonds. The summed E-state index contributed by atoms with van der Waals surface area (Å²) in [4.78, 5) is 15.8. The molecule has 0 radical (unpaired) electrons. The maximum absolute atomic E-state index is 13.9. The normalized spacial score (nSPS) is 16.7. The number of anilines is 2. The quantitative estimate of drug-likeness (QED) is 0.766. The Balaban J connectivity index is 1.54. The average Bonchev–Trinajstić information content (AvgIpc) is 3.17. The van der Waals surface area contributed by atoms with Crippen molar-refractivity contribution in [3.63, 3.8) is 0 Å². The van der Waals surface area contributed by atoms with Crippen LogP contribution in [-0.4, -0.2) is 31.8 Å². The van der Waals surface area contributed by atoms with Crippen molar-refractivity contribution in [2.24, 2.45) is 5.73 Å². The maximum Gasteiger partial charge on any atom is 0.268 e. The molecule has 4 rings (SSSR count). The number of halogens is 2. The van der Waals surface area contributed by atoms with Crippen LogP contribution in [0, 0.1) is 23.0 Å². The van der Waals surface area contributed by atoms with Gasteiger partial charge in [-0.2, -0.15) is 5.26 Å². The number of benzene rings is 2. The number of nitrogens with zero attached hydrogens (tertiary/aromatic N) is 3. The summed E-state index contributed by atoms with van der Waals surface area (Å²) in [5.74, 6) is -1.52. The van der Waals surface area contributed by atoms with Gasteiger partial charge < -0.3 is 20.1 Å². The predicted molar refractivity (Wildman–Crippen MR) is 114 cm³/mol. The highest BCUT2D eigenvalue weighted by Gasteiger charge is 2.31. The Labute approximate surface area is 184 Å². The van der Waals surface area contributed by atoms with Gasteiger partial charge in [-0.25, -0.2) is 8.78 Å². The zero-order chi connectivity index (χ0) is 22.8. The Kier molecular flexibility index (Phi) is 5.86. The fourth-order valence-electron chi connectivity index (χ4n) is 4.02. The van der Waals surface area contributed by atoms with E-state index in [1.54, 1.807) is 24.0 Å². The van der Waals surface area contributed by atoms with E-state index in [4.69, 9.17) is 15.2 Å². The second kappa shape index (κ2) is 8.75. The SMILES string of the molecule is CC1=C(C(N)=O)N(c2cc(C#N)ccc2N2CCC(Oc3ccc(F)cc3F)CC2)CO1. The second-order valence-electron chi connectivity index (χ2n) is 7.66. The van der Waals surface area contributed by atoms with Crippen molar-refractivity contribution in [2.45, 2.75) is 25.9 Å². The van der Waals surface area contributed by atoms with E-state index >= 15 is 0 Å². The number of allylic oxidation sites excluding steroid dienone is 1. The van der Waals surface area contributed by atoms with Gasteiger partial charge in [0.05, 0.1) is 23.0 Å². The minimum atomic E-state index is -0.725. The molecule has 2 aliphatic heterocycles. The Morgan fingerprint density at radius 3 is 2.59 bits per heavy atom. The van der Waals surface area contributed by atoms with E-state index in [9.17, 15) is 18.8 Å². The molecule has 0 aliphatic carbocycles. The van der Waals surface area contributed by atoms with Crippen LogP contribution in [0.1, 0.15) is 25.3 Å². The van der Waals surface area contributed by atoms with Gasteiger partial charge in [0.25, 0.3) is 5.91 Å². The van der Waals surface area contributed by atoms with Crippen LogP contribution < -0.4 is 20.3 Å². The van der Waals surface area contributed by atoms with Gasteiger partial charge in [-0.3, -0.25) is 9.69 Å². The maximum atomic E-state index is 13.9. The Morgan fingerprint density at radius 2 is 1.94 bits per heavy atom. The van der Waals surface area contributed by atoms with Gasteiger partial charge in [-0.1, -0.05) is 0 Å². The molecule has 166 valence electrons. The molecule has 0 atom stereocenters. The van der Waals surface area contributed by atoms with Crippen LogP contribution in [0.15, 0.2) is 47.9 Å². The number of hydrogen-bond acceptors (Lipinski definition) is 6. The molecule has 2 N–H and O–H groups in total. The molecule has 0 bridgehead atoms. The van der Waals surface area contributed by atoms with Crippen molar-refractivity contribution >= 4 is 17.3 Å². The van der Waals surface area contributed by atoms with Gasteiger partial charge in [0.15, 0.2) is 18.3 Å². The Morgan fingerprint density at radius 1 is 1.19 bits per heavy atom. The number of carbonyl (C=O) groups excluding carboxylic acids is 1. The summed E-state index contributed by atoms with van der Waals surface area (Å²) < 4.78 is 38.3. The summed E-state index contributed by atoms with van der Waals surface area (Å²) in [6, 6.07) is 10.6. The van der Waals surface area contributed by atoms with Gasteiger partial charge in [0, 0.05) is 32.0 Å². The highest BCUT2D eigenvalue weighted by atomic mass is 19.1. The zero-order valence-electron chi connectivity index (χ0n) is 17.5. The van der Waals surface area contributed by atoms with Gasteiger partial charge in [-0.05, 0) is 37.3 Å². The first-order chi connectivity index (χ1) is 15.4. The fourth-order valence-corrected chi connectivity index (χ4v) is 4.02. The number of nitrogens with two attached hydrogens (primary N) is 1. The molecular formula is C23H22F2N4O3. The highest BCUT2D eigenvalue weighted by Crippen LogP contribution is 2.37. The molecule has 1 fully saturated rings. The van der Waals surface area contributed by atoms with Crippen molar-refractivity contribution < 1.29 is 23.0 Å². The van der Waals surface area contributed by atoms with Crippen LogP contribution >= 0.6 is 0 Å². The van der Waals surface area contributed by atoms with Crippen molar-refractivity contribution in [3.8, 4) is 11.8 Å². The predicted octanol–water partition coefficient (Wildman–Crippen LogP) is 3.40. The molecule has 0 unspecified atom stereocenters. The monoisotopic (exact) mass is 440 g/mol. The fraction of sp³-hybridized carbons (Fsp3) is 0.304. The molecule has 0 spiro atoms. The molecule has 0 aromatic heterocycles. The van der Waals surface area contributed by atoms with Crippen molar-refractivity contribution in [3.05, 3.63) is 65.1 Å².